The Labute approximate surface area is 175 Å². The number of hydrogen-bond donors (Lipinski definition) is 0. The summed E-state index contributed by atoms with van der Waals surface area (Å²) in [6, 6.07) is 17.4. The number of halogens is 3. The van der Waals surface area contributed by atoms with Gasteiger partial charge in [-0.05, 0) is 73.3 Å². The van der Waals surface area contributed by atoms with E-state index >= 15 is 0 Å². The van der Waals surface area contributed by atoms with Crippen LogP contribution in [0.5, 0.6) is 5.75 Å². The molecule has 30 heavy (non-hydrogen) atoms. The highest BCUT2D eigenvalue weighted by Gasteiger charge is 2.27. The van der Waals surface area contributed by atoms with E-state index in [2.05, 4.69) is 0 Å². The fourth-order valence-electron chi connectivity index (χ4n) is 4.29. The lowest BCUT2D eigenvalue weighted by Crippen LogP contribution is -2.20. The maximum absolute atomic E-state index is 14.8. The van der Waals surface area contributed by atoms with Crippen LogP contribution in [0.15, 0.2) is 60.7 Å². The molecule has 1 aliphatic rings. The summed E-state index contributed by atoms with van der Waals surface area (Å²) < 4.78 is 49.2. The lowest BCUT2D eigenvalue weighted by Gasteiger charge is -2.29. The lowest BCUT2D eigenvalue weighted by molar-refractivity contribution is 0.193. The third kappa shape index (κ3) is 4.38. The SMILES string of the molecule is Cc1ccc(OCC2CCC(c3ccc(-c4ccccc4)c(F)c3F)CC2)c(F)c1. The zero-order chi connectivity index (χ0) is 21.1. The zero-order valence-corrected chi connectivity index (χ0v) is 17.0. The standard InChI is InChI=1S/C26H25F3O/c1-17-7-14-24(23(27)15-17)30-16-18-8-10-20(11-9-18)22-13-12-21(25(28)26(22)29)19-5-3-2-4-6-19/h2-7,12-15,18,20H,8-11,16H2,1H3. The molecular weight excluding hydrogens is 385 g/mol. The van der Waals surface area contributed by atoms with Gasteiger partial charge < -0.3 is 4.74 Å². The fourth-order valence-corrected chi connectivity index (χ4v) is 4.29. The third-order valence-corrected chi connectivity index (χ3v) is 6.05. The highest BCUT2D eigenvalue weighted by Crippen LogP contribution is 2.39. The second kappa shape index (κ2) is 8.95. The van der Waals surface area contributed by atoms with Crippen molar-refractivity contribution in [2.75, 3.05) is 6.61 Å². The topological polar surface area (TPSA) is 9.23 Å². The highest BCUT2D eigenvalue weighted by molar-refractivity contribution is 5.64. The molecule has 0 aromatic heterocycles. The van der Waals surface area contributed by atoms with Crippen LogP contribution in [-0.2, 0) is 0 Å². The van der Waals surface area contributed by atoms with Crippen LogP contribution in [0.3, 0.4) is 0 Å². The first-order valence-corrected chi connectivity index (χ1v) is 10.4. The first-order chi connectivity index (χ1) is 14.5. The van der Waals surface area contributed by atoms with E-state index in [4.69, 9.17) is 4.74 Å². The summed E-state index contributed by atoms with van der Waals surface area (Å²) in [5.74, 6) is -1.31. The van der Waals surface area contributed by atoms with Gasteiger partial charge >= 0.3 is 0 Å². The van der Waals surface area contributed by atoms with E-state index in [-0.39, 0.29) is 17.5 Å². The minimum Gasteiger partial charge on any atom is -0.490 e. The Bertz CT molecular complexity index is 1010. The van der Waals surface area contributed by atoms with Crippen LogP contribution >= 0.6 is 0 Å². The molecule has 0 unspecified atom stereocenters. The molecule has 0 aliphatic heterocycles. The van der Waals surface area contributed by atoms with Crippen molar-refractivity contribution < 1.29 is 17.9 Å². The smallest absolute Gasteiger partial charge is 0.166 e. The van der Waals surface area contributed by atoms with Crippen molar-refractivity contribution in [2.24, 2.45) is 5.92 Å². The lowest BCUT2D eigenvalue weighted by atomic mass is 9.78. The molecule has 0 heterocycles. The van der Waals surface area contributed by atoms with Crippen LogP contribution in [0, 0.1) is 30.3 Å². The predicted octanol–water partition coefficient (Wildman–Crippen LogP) is 7.43. The highest BCUT2D eigenvalue weighted by atomic mass is 19.2. The molecule has 0 radical (unpaired) electrons. The fraction of sp³-hybridized carbons (Fsp3) is 0.308. The molecule has 3 aromatic rings. The van der Waals surface area contributed by atoms with Gasteiger partial charge in [0.25, 0.3) is 0 Å². The second-order valence-electron chi connectivity index (χ2n) is 8.16. The summed E-state index contributed by atoms with van der Waals surface area (Å²) in [5, 5.41) is 0. The van der Waals surface area contributed by atoms with Gasteiger partial charge in [-0.2, -0.15) is 0 Å². The summed E-state index contributed by atoms with van der Waals surface area (Å²) in [4.78, 5) is 0. The molecule has 1 saturated carbocycles. The maximum Gasteiger partial charge on any atom is 0.166 e. The van der Waals surface area contributed by atoms with Crippen molar-refractivity contribution in [1.29, 1.82) is 0 Å². The van der Waals surface area contributed by atoms with Crippen LogP contribution in [0.25, 0.3) is 11.1 Å². The Balaban J connectivity index is 1.39. The van der Waals surface area contributed by atoms with Crippen molar-refractivity contribution in [3.63, 3.8) is 0 Å². The normalized spacial score (nSPS) is 18.9. The van der Waals surface area contributed by atoms with Gasteiger partial charge in [-0.25, -0.2) is 13.2 Å². The van der Waals surface area contributed by atoms with Gasteiger partial charge in [0.2, 0.25) is 0 Å². The Morgan fingerprint density at radius 3 is 2.27 bits per heavy atom. The Morgan fingerprint density at radius 1 is 0.833 bits per heavy atom. The summed E-state index contributed by atoms with van der Waals surface area (Å²) >= 11 is 0. The van der Waals surface area contributed by atoms with Crippen molar-refractivity contribution in [2.45, 2.75) is 38.5 Å². The van der Waals surface area contributed by atoms with Crippen molar-refractivity contribution in [3.8, 4) is 16.9 Å². The van der Waals surface area contributed by atoms with Crippen LogP contribution in [0.1, 0.15) is 42.7 Å². The van der Waals surface area contributed by atoms with Gasteiger partial charge in [0.1, 0.15) is 0 Å². The van der Waals surface area contributed by atoms with Crippen LogP contribution in [-0.4, -0.2) is 6.61 Å². The van der Waals surface area contributed by atoms with Crippen molar-refractivity contribution >= 4 is 0 Å². The molecule has 1 aliphatic carbocycles. The van der Waals surface area contributed by atoms with Crippen LogP contribution in [0.2, 0.25) is 0 Å². The number of hydrogen-bond acceptors (Lipinski definition) is 1. The molecule has 0 saturated heterocycles. The molecule has 4 rings (SSSR count). The Hall–Kier alpha value is -2.75. The van der Waals surface area contributed by atoms with E-state index < -0.39 is 11.6 Å². The number of rotatable bonds is 5. The maximum atomic E-state index is 14.8. The van der Waals surface area contributed by atoms with E-state index in [1.807, 2.05) is 31.2 Å². The largest absolute Gasteiger partial charge is 0.490 e. The first kappa shape index (κ1) is 20.5. The van der Waals surface area contributed by atoms with E-state index in [9.17, 15) is 13.2 Å². The Kier molecular flexibility index (Phi) is 6.12. The molecule has 4 heteroatoms. The van der Waals surface area contributed by atoms with E-state index in [0.29, 0.717) is 29.2 Å². The summed E-state index contributed by atoms with van der Waals surface area (Å²) in [6.07, 6.45) is 3.23. The van der Waals surface area contributed by atoms with Crippen molar-refractivity contribution in [1.82, 2.24) is 0 Å². The van der Waals surface area contributed by atoms with E-state index in [0.717, 1.165) is 31.2 Å². The molecule has 3 aromatic carbocycles. The number of aryl methyl sites for hydroxylation is 1. The summed E-state index contributed by atoms with van der Waals surface area (Å²) in [7, 11) is 0. The van der Waals surface area contributed by atoms with Gasteiger partial charge in [-0.1, -0.05) is 48.5 Å². The number of benzene rings is 3. The van der Waals surface area contributed by atoms with E-state index in [1.54, 1.807) is 30.3 Å². The molecule has 0 atom stereocenters. The quantitative estimate of drug-likeness (QED) is 0.425. The average molecular weight is 410 g/mol. The van der Waals surface area contributed by atoms with Gasteiger partial charge in [0, 0.05) is 5.56 Å². The summed E-state index contributed by atoms with van der Waals surface area (Å²) in [5.41, 5.74) is 2.27. The molecule has 156 valence electrons. The predicted molar refractivity (Wildman–Crippen MR) is 113 cm³/mol. The molecule has 0 N–H and O–H groups in total. The van der Waals surface area contributed by atoms with Gasteiger partial charge in [0.05, 0.1) is 6.61 Å². The molecule has 1 fully saturated rings. The first-order valence-electron chi connectivity index (χ1n) is 10.4. The minimum absolute atomic E-state index is 0.00307. The van der Waals surface area contributed by atoms with E-state index in [1.165, 1.54) is 6.07 Å². The van der Waals surface area contributed by atoms with Crippen LogP contribution < -0.4 is 4.74 Å². The molecular formula is C26H25F3O. The molecule has 1 nitrogen and oxygen atoms in total. The monoisotopic (exact) mass is 410 g/mol. The average Bonchev–Trinajstić information content (AvgIpc) is 2.76. The Morgan fingerprint density at radius 2 is 1.57 bits per heavy atom. The molecule has 0 bridgehead atoms. The van der Waals surface area contributed by atoms with Gasteiger partial charge in [-0.3, -0.25) is 0 Å². The van der Waals surface area contributed by atoms with Gasteiger partial charge in [0.15, 0.2) is 23.2 Å². The molecule has 0 amide bonds. The number of ether oxygens (including phenoxy) is 1. The third-order valence-electron chi connectivity index (χ3n) is 6.05. The van der Waals surface area contributed by atoms with Gasteiger partial charge in [-0.15, -0.1) is 0 Å². The van der Waals surface area contributed by atoms with Crippen molar-refractivity contribution in [3.05, 3.63) is 89.2 Å². The molecule has 0 spiro atoms. The zero-order valence-electron chi connectivity index (χ0n) is 17.0. The van der Waals surface area contributed by atoms with Crippen LogP contribution in [0.4, 0.5) is 13.2 Å². The summed E-state index contributed by atoms with van der Waals surface area (Å²) in [6.45, 7) is 2.28. The minimum atomic E-state index is -0.779. The second-order valence-corrected chi connectivity index (χ2v) is 8.16.